The van der Waals surface area contributed by atoms with Crippen molar-refractivity contribution in [3.05, 3.63) is 18.3 Å². The Bertz CT molecular complexity index is 416. The molecule has 0 atom stereocenters. The lowest BCUT2D eigenvalue weighted by molar-refractivity contribution is -0.115. The number of nitrogens with one attached hydrogen (secondary N) is 1. The van der Waals surface area contributed by atoms with Crippen LogP contribution in [0.2, 0.25) is 0 Å². The molecule has 1 aromatic heterocycles. The Labute approximate surface area is 94.6 Å². The van der Waals surface area contributed by atoms with Gasteiger partial charge in [0.25, 0.3) is 0 Å². The molecule has 2 heterocycles. The highest BCUT2D eigenvalue weighted by Gasteiger charge is 2.32. The Kier molecular flexibility index (Phi) is 2.55. The lowest BCUT2D eigenvalue weighted by atomic mass is 10.0. The molecule has 5 heteroatoms. The summed E-state index contributed by atoms with van der Waals surface area (Å²) in [7, 11) is 0. The van der Waals surface area contributed by atoms with E-state index in [2.05, 4.69) is 10.3 Å². The predicted molar refractivity (Wildman–Crippen MR) is 63.3 cm³/mol. The molecule has 1 aliphatic heterocycles. The standard InChI is InChI=1S/C11H16N4O/c1-11(2,7-12)15-6-9(16)14-10-8(15)4-3-5-13-10/h3-5H,6-7,12H2,1-2H3,(H,13,14,16). The van der Waals surface area contributed by atoms with Crippen LogP contribution in [0.4, 0.5) is 11.5 Å². The highest BCUT2D eigenvalue weighted by atomic mass is 16.2. The summed E-state index contributed by atoms with van der Waals surface area (Å²) < 4.78 is 0. The number of aromatic nitrogens is 1. The van der Waals surface area contributed by atoms with Crippen LogP contribution in [-0.2, 0) is 4.79 Å². The molecular formula is C11H16N4O. The Hall–Kier alpha value is -1.62. The van der Waals surface area contributed by atoms with Crippen molar-refractivity contribution in [2.75, 3.05) is 23.3 Å². The van der Waals surface area contributed by atoms with Gasteiger partial charge in [-0.1, -0.05) is 0 Å². The molecule has 5 nitrogen and oxygen atoms in total. The van der Waals surface area contributed by atoms with Crippen LogP contribution in [0, 0.1) is 0 Å². The second kappa shape index (κ2) is 3.75. The molecule has 3 N–H and O–H groups in total. The topological polar surface area (TPSA) is 71.2 Å². The van der Waals surface area contributed by atoms with E-state index in [0.29, 0.717) is 18.9 Å². The molecule has 0 aromatic carbocycles. The lowest BCUT2D eigenvalue weighted by Crippen LogP contribution is -2.54. The van der Waals surface area contributed by atoms with Crippen LogP contribution in [0.5, 0.6) is 0 Å². The Morgan fingerprint density at radius 3 is 3.06 bits per heavy atom. The zero-order valence-corrected chi connectivity index (χ0v) is 9.53. The monoisotopic (exact) mass is 220 g/mol. The predicted octanol–water partition coefficient (Wildman–Crippen LogP) is 0.577. The van der Waals surface area contributed by atoms with Gasteiger partial charge in [-0.05, 0) is 26.0 Å². The van der Waals surface area contributed by atoms with E-state index in [-0.39, 0.29) is 11.4 Å². The van der Waals surface area contributed by atoms with Gasteiger partial charge in [0, 0.05) is 18.3 Å². The molecule has 0 fully saturated rings. The van der Waals surface area contributed by atoms with E-state index < -0.39 is 0 Å². The van der Waals surface area contributed by atoms with E-state index in [1.807, 2.05) is 30.9 Å². The molecule has 0 unspecified atom stereocenters. The van der Waals surface area contributed by atoms with E-state index in [9.17, 15) is 4.79 Å². The van der Waals surface area contributed by atoms with Crippen molar-refractivity contribution in [3.8, 4) is 0 Å². The second-order valence-corrected chi connectivity index (χ2v) is 4.52. The summed E-state index contributed by atoms with van der Waals surface area (Å²) in [5, 5.41) is 2.75. The van der Waals surface area contributed by atoms with Gasteiger partial charge in [0.2, 0.25) is 5.91 Å². The van der Waals surface area contributed by atoms with Crippen LogP contribution in [0.1, 0.15) is 13.8 Å². The number of anilines is 2. The summed E-state index contributed by atoms with van der Waals surface area (Å²) in [6.07, 6.45) is 1.66. The summed E-state index contributed by atoms with van der Waals surface area (Å²) >= 11 is 0. The third-order valence-corrected chi connectivity index (χ3v) is 2.87. The summed E-state index contributed by atoms with van der Waals surface area (Å²) in [4.78, 5) is 17.7. The molecule has 0 bridgehead atoms. The van der Waals surface area contributed by atoms with E-state index in [0.717, 1.165) is 5.69 Å². The van der Waals surface area contributed by atoms with Gasteiger partial charge < -0.3 is 16.0 Å². The van der Waals surface area contributed by atoms with E-state index in [1.165, 1.54) is 0 Å². The number of fused-ring (bicyclic) bond motifs is 1. The Morgan fingerprint density at radius 1 is 1.62 bits per heavy atom. The molecule has 0 spiro atoms. The zero-order chi connectivity index (χ0) is 11.8. The number of carbonyl (C=O) groups is 1. The number of pyridine rings is 1. The first-order chi connectivity index (χ1) is 7.54. The minimum Gasteiger partial charge on any atom is -0.353 e. The second-order valence-electron chi connectivity index (χ2n) is 4.52. The number of carbonyl (C=O) groups excluding carboxylic acids is 1. The molecule has 16 heavy (non-hydrogen) atoms. The number of amides is 1. The van der Waals surface area contributed by atoms with Gasteiger partial charge in [0.1, 0.15) is 0 Å². The van der Waals surface area contributed by atoms with E-state index in [4.69, 9.17) is 5.73 Å². The number of hydrogen-bond acceptors (Lipinski definition) is 4. The van der Waals surface area contributed by atoms with Crippen LogP contribution >= 0.6 is 0 Å². The SMILES string of the molecule is CC(C)(CN)N1CC(=O)Nc2ncccc21. The zero-order valence-electron chi connectivity index (χ0n) is 9.53. The third-order valence-electron chi connectivity index (χ3n) is 2.87. The molecule has 1 aliphatic rings. The normalized spacial score (nSPS) is 15.7. The Morgan fingerprint density at radius 2 is 2.38 bits per heavy atom. The van der Waals surface area contributed by atoms with Gasteiger partial charge in [-0.3, -0.25) is 4.79 Å². The maximum absolute atomic E-state index is 11.6. The lowest BCUT2D eigenvalue weighted by Gasteiger charge is -2.41. The highest BCUT2D eigenvalue weighted by molar-refractivity contribution is 6.00. The molecule has 1 amide bonds. The van der Waals surface area contributed by atoms with Gasteiger partial charge in [-0.2, -0.15) is 0 Å². The summed E-state index contributed by atoms with van der Waals surface area (Å²) in [6.45, 7) is 4.84. The average Bonchev–Trinajstić information content (AvgIpc) is 2.28. The van der Waals surface area contributed by atoms with Crippen molar-refractivity contribution < 1.29 is 4.79 Å². The quantitative estimate of drug-likeness (QED) is 0.764. The molecule has 0 saturated carbocycles. The molecule has 0 radical (unpaired) electrons. The summed E-state index contributed by atoms with van der Waals surface area (Å²) in [5.74, 6) is 0.563. The number of hydrogen-bond donors (Lipinski definition) is 2. The fourth-order valence-electron chi connectivity index (χ4n) is 1.76. The maximum Gasteiger partial charge on any atom is 0.245 e. The molecule has 1 aromatic rings. The smallest absolute Gasteiger partial charge is 0.245 e. The summed E-state index contributed by atoms with van der Waals surface area (Å²) in [6, 6.07) is 3.80. The first kappa shape index (κ1) is 10.9. The minimum atomic E-state index is -0.254. The average molecular weight is 220 g/mol. The van der Waals surface area contributed by atoms with Crippen LogP contribution in [0.3, 0.4) is 0 Å². The first-order valence-electron chi connectivity index (χ1n) is 5.27. The first-order valence-corrected chi connectivity index (χ1v) is 5.27. The van der Waals surface area contributed by atoms with Crippen molar-refractivity contribution in [1.82, 2.24) is 4.98 Å². The van der Waals surface area contributed by atoms with Crippen LogP contribution in [0.15, 0.2) is 18.3 Å². The largest absolute Gasteiger partial charge is 0.353 e. The fourth-order valence-corrected chi connectivity index (χ4v) is 1.76. The third kappa shape index (κ3) is 1.74. The van der Waals surface area contributed by atoms with Crippen LogP contribution in [-0.4, -0.2) is 29.5 Å². The van der Waals surface area contributed by atoms with Gasteiger partial charge in [-0.15, -0.1) is 0 Å². The molecule has 2 rings (SSSR count). The molecule has 0 aliphatic carbocycles. The highest BCUT2D eigenvalue weighted by Crippen LogP contribution is 2.31. The number of nitrogens with two attached hydrogens (primary N) is 1. The van der Waals surface area contributed by atoms with Gasteiger partial charge >= 0.3 is 0 Å². The number of nitrogens with zero attached hydrogens (tertiary/aromatic N) is 2. The van der Waals surface area contributed by atoms with Gasteiger partial charge in [0.15, 0.2) is 5.82 Å². The number of rotatable bonds is 2. The van der Waals surface area contributed by atoms with Crippen LogP contribution < -0.4 is 16.0 Å². The van der Waals surface area contributed by atoms with Crippen LogP contribution in [0.25, 0.3) is 0 Å². The van der Waals surface area contributed by atoms with Crippen molar-refractivity contribution >= 4 is 17.4 Å². The maximum atomic E-state index is 11.6. The van der Waals surface area contributed by atoms with Crippen molar-refractivity contribution in [2.45, 2.75) is 19.4 Å². The van der Waals surface area contributed by atoms with E-state index in [1.54, 1.807) is 6.20 Å². The van der Waals surface area contributed by atoms with E-state index >= 15 is 0 Å². The molecular weight excluding hydrogens is 204 g/mol. The fraction of sp³-hybridized carbons (Fsp3) is 0.455. The molecule has 86 valence electrons. The van der Waals surface area contributed by atoms with Gasteiger partial charge in [-0.25, -0.2) is 4.98 Å². The van der Waals surface area contributed by atoms with Gasteiger partial charge in [0.05, 0.1) is 12.2 Å². The Balaban J connectivity index is 2.45. The minimum absolute atomic E-state index is 0.0484. The van der Waals surface area contributed by atoms with Crippen molar-refractivity contribution in [2.24, 2.45) is 5.73 Å². The molecule has 0 saturated heterocycles. The van der Waals surface area contributed by atoms with Crippen molar-refractivity contribution in [1.29, 1.82) is 0 Å². The summed E-state index contributed by atoms with van der Waals surface area (Å²) in [5.41, 5.74) is 6.42. The van der Waals surface area contributed by atoms with Crippen molar-refractivity contribution in [3.63, 3.8) is 0 Å².